The van der Waals surface area contributed by atoms with Gasteiger partial charge < -0.3 is 5.32 Å². The molecule has 27 heavy (non-hydrogen) atoms. The minimum absolute atomic E-state index is 0.596. The van der Waals surface area contributed by atoms with Gasteiger partial charge in [-0.3, -0.25) is 4.98 Å². The molecule has 1 fully saturated rings. The van der Waals surface area contributed by atoms with Gasteiger partial charge in [0, 0.05) is 41.0 Å². The number of anilines is 1. The first-order chi connectivity index (χ1) is 13.2. The van der Waals surface area contributed by atoms with E-state index in [-0.39, 0.29) is 0 Å². The highest BCUT2D eigenvalue weighted by molar-refractivity contribution is 5.69. The van der Waals surface area contributed by atoms with Crippen molar-refractivity contribution < 1.29 is 0 Å². The lowest BCUT2D eigenvalue weighted by Crippen LogP contribution is -2.27. The van der Waals surface area contributed by atoms with Crippen LogP contribution < -0.4 is 5.32 Å². The van der Waals surface area contributed by atoms with Gasteiger partial charge in [-0.25, -0.2) is 9.67 Å². The van der Waals surface area contributed by atoms with Crippen molar-refractivity contribution in [1.82, 2.24) is 19.7 Å². The number of aryl methyl sites for hydroxylation is 2. The molecule has 0 aliphatic heterocycles. The fourth-order valence-corrected chi connectivity index (χ4v) is 3.69. The number of hydrogen-bond acceptors (Lipinski definition) is 4. The van der Waals surface area contributed by atoms with Gasteiger partial charge in [-0.1, -0.05) is 13.3 Å². The fourth-order valence-electron chi connectivity index (χ4n) is 3.69. The zero-order valence-electron chi connectivity index (χ0n) is 16.4. The summed E-state index contributed by atoms with van der Waals surface area (Å²) in [4.78, 5) is 9.08. The molecule has 0 unspecified atom stereocenters. The van der Waals surface area contributed by atoms with Crippen LogP contribution in [0.2, 0.25) is 0 Å². The average molecular weight is 361 g/mol. The van der Waals surface area contributed by atoms with Crippen LogP contribution >= 0.6 is 0 Å². The Kier molecular flexibility index (Phi) is 4.92. The number of aromatic nitrogens is 4. The van der Waals surface area contributed by atoms with Crippen LogP contribution in [0.1, 0.15) is 49.7 Å². The Labute approximate surface area is 160 Å². The van der Waals surface area contributed by atoms with E-state index in [1.165, 1.54) is 19.3 Å². The fraction of sp³-hybridized carbons (Fsp3) is 0.409. The minimum Gasteiger partial charge on any atom is -0.367 e. The number of nitrogens with zero attached hydrogens (tertiary/aromatic N) is 4. The van der Waals surface area contributed by atoms with Crippen LogP contribution in [-0.4, -0.2) is 25.8 Å². The summed E-state index contributed by atoms with van der Waals surface area (Å²) < 4.78 is 2.02. The SMILES string of the molecule is CCCc1cc(-n2nc(C)c(-c3ccc(NC4CCC4)nc3)c2C)ccn1. The van der Waals surface area contributed by atoms with Gasteiger partial charge >= 0.3 is 0 Å². The van der Waals surface area contributed by atoms with Gasteiger partial charge in [-0.05, 0) is 63.8 Å². The van der Waals surface area contributed by atoms with Crippen LogP contribution in [-0.2, 0) is 6.42 Å². The molecule has 1 aliphatic rings. The van der Waals surface area contributed by atoms with E-state index >= 15 is 0 Å². The van der Waals surface area contributed by atoms with E-state index in [0.29, 0.717) is 6.04 Å². The third-order valence-corrected chi connectivity index (χ3v) is 5.35. The largest absolute Gasteiger partial charge is 0.367 e. The summed E-state index contributed by atoms with van der Waals surface area (Å²) in [5.74, 6) is 0.962. The van der Waals surface area contributed by atoms with Crippen LogP contribution in [0.3, 0.4) is 0 Å². The summed E-state index contributed by atoms with van der Waals surface area (Å²) in [6.07, 6.45) is 9.73. The Hall–Kier alpha value is -2.69. The van der Waals surface area contributed by atoms with Crippen molar-refractivity contribution in [2.75, 3.05) is 5.32 Å². The Morgan fingerprint density at radius 3 is 2.67 bits per heavy atom. The van der Waals surface area contributed by atoms with Crippen LogP contribution in [0.25, 0.3) is 16.8 Å². The average Bonchev–Trinajstić information content (AvgIpc) is 2.94. The van der Waals surface area contributed by atoms with Crippen LogP contribution in [0.5, 0.6) is 0 Å². The van der Waals surface area contributed by atoms with Gasteiger partial charge in [0.1, 0.15) is 5.82 Å². The second kappa shape index (κ2) is 7.51. The van der Waals surface area contributed by atoms with Crippen molar-refractivity contribution >= 4 is 5.82 Å². The summed E-state index contributed by atoms with van der Waals surface area (Å²) in [7, 11) is 0. The predicted molar refractivity (Wildman–Crippen MR) is 109 cm³/mol. The van der Waals surface area contributed by atoms with Crippen molar-refractivity contribution in [3.8, 4) is 16.8 Å². The lowest BCUT2D eigenvalue weighted by molar-refractivity contribution is 0.444. The normalized spacial score (nSPS) is 14.2. The Bertz CT molecular complexity index is 922. The van der Waals surface area contributed by atoms with Crippen molar-refractivity contribution in [2.45, 2.75) is 58.9 Å². The Morgan fingerprint density at radius 2 is 2.00 bits per heavy atom. The highest BCUT2D eigenvalue weighted by atomic mass is 15.3. The van der Waals surface area contributed by atoms with E-state index < -0.39 is 0 Å². The standard InChI is InChI=1S/C22H27N5/c1-4-6-19-13-20(11-12-23-19)27-16(3)22(15(2)26-27)17-9-10-21(24-14-17)25-18-7-5-8-18/h9-14,18H,4-8H2,1-3H3,(H,24,25). The highest BCUT2D eigenvalue weighted by Gasteiger charge is 2.18. The number of pyridine rings is 2. The van der Waals surface area contributed by atoms with E-state index in [0.717, 1.165) is 52.6 Å². The summed E-state index contributed by atoms with van der Waals surface area (Å²) >= 11 is 0. The molecule has 1 N–H and O–H groups in total. The van der Waals surface area contributed by atoms with Crippen molar-refractivity contribution in [1.29, 1.82) is 0 Å². The third kappa shape index (κ3) is 3.59. The zero-order valence-corrected chi connectivity index (χ0v) is 16.4. The molecule has 5 heteroatoms. The molecule has 3 aromatic rings. The second-order valence-corrected chi connectivity index (χ2v) is 7.42. The van der Waals surface area contributed by atoms with Gasteiger partial charge in [0.2, 0.25) is 0 Å². The van der Waals surface area contributed by atoms with Crippen molar-refractivity contribution in [3.63, 3.8) is 0 Å². The molecule has 140 valence electrons. The van der Waals surface area contributed by atoms with E-state index in [4.69, 9.17) is 5.10 Å². The van der Waals surface area contributed by atoms with Gasteiger partial charge in [-0.15, -0.1) is 0 Å². The van der Waals surface area contributed by atoms with Crippen molar-refractivity contribution in [3.05, 3.63) is 53.7 Å². The molecule has 1 saturated carbocycles. The molecule has 0 amide bonds. The van der Waals surface area contributed by atoms with Gasteiger partial charge in [0.25, 0.3) is 0 Å². The molecule has 0 aromatic carbocycles. The van der Waals surface area contributed by atoms with Crippen LogP contribution in [0.4, 0.5) is 5.82 Å². The maximum atomic E-state index is 4.80. The van der Waals surface area contributed by atoms with E-state index in [2.05, 4.69) is 54.3 Å². The molecule has 1 aliphatic carbocycles. The molecule has 0 bridgehead atoms. The lowest BCUT2D eigenvalue weighted by Gasteiger charge is -2.26. The number of rotatable bonds is 6. The summed E-state index contributed by atoms with van der Waals surface area (Å²) in [5, 5.41) is 8.29. The number of hydrogen-bond donors (Lipinski definition) is 1. The molecule has 0 saturated heterocycles. The molecule has 3 heterocycles. The topological polar surface area (TPSA) is 55.6 Å². The third-order valence-electron chi connectivity index (χ3n) is 5.35. The molecule has 3 aromatic heterocycles. The summed E-state index contributed by atoms with van der Waals surface area (Å²) in [5.41, 5.74) is 6.59. The maximum absolute atomic E-state index is 4.80. The van der Waals surface area contributed by atoms with E-state index in [1.807, 2.05) is 23.1 Å². The highest BCUT2D eigenvalue weighted by Crippen LogP contribution is 2.29. The molecular formula is C22H27N5. The van der Waals surface area contributed by atoms with Crippen LogP contribution in [0.15, 0.2) is 36.7 Å². The van der Waals surface area contributed by atoms with Gasteiger partial charge in [-0.2, -0.15) is 5.10 Å². The molecule has 4 rings (SSSR count). The molecule has 0 radical (unpaired) electrons. The molecule has 0 spiro atoms. The van der Waals surface area contributed by atoms with Crippen molar-refractivity contribution in [2.24, 2.45) is 0 Å². The van der Waals surface area contributed by atoms with Crippen LogP contribution in [0, 0.1) is 13.8 Å². The Morgan fingerprint density at radius 1 is 1.15 bits per heavy atom. The van der Waals surface area contributed by atoms with E-state index in [9.17, 15) is 0 Å². The maximum Gasteiger partial charge on any atom is 0.126 e. The second-order valence-electron chi connectivity index (χ2n) is 7.42. The van der Waals surface area contributed by atoms with Gasteiger partial charge in [0.15, 0.2) is 0 Å². The number of nitrogens with one attached hydrogen (secondary N) is 1. The summed E-state index contributed by atoms with van der Waals surface area (Å²) in [6, 6.07) is 8.97. The minimum atomic E-state index is 0.596. The van der Waals surface area contributed by atoms with Gasteiger partial charge in [0.05, 0.1) is 11.4 Å². The quantitative estimate of drug-likeness (QED) is 0.681. The first-order valence-electron chi connectivity index (χ1n) is 9.90. The monoisotopic (exact) mass is 361 g/mol. The molecule has 0 atom stereocenters. The smallest absolute Gasteiger partial charge is 0.126 e. The lowest BCUT2D eigenvalue weighted by atomic mass is 9.93. The Balaban J connectivity index is 1.63. The first kappa shape index (κ1) is 17.7. The zero-order chi connectivity index (χ0) is 18.8. The predicted octanol–water partition coefficient (Wildman–Crippen LogP) is 4.86. The first-order valence-corrected chi connectivity index (χ1v) is 9.90. The molecular weight excluding hydrogens is 334 g/mol. The van der Waals surface area contributed by atoms with E-state index in [1.54, 1.807) is 0 Å². The molecule has 5 nitrogen and oxygen atoms in total. The summed E-state index contributed by atoms with van der Waals surface area (Å²) in [6.45, 7) is 6.36.